The lowest BCUT2D eigenvalue weighted by atomic mass is 10.1. The van der Waals surface area contributed by atoms with E-state index in [1.165, 1.54) is 23.1 Å². The lowest BCUT2D eigenvalue weighted by Crippen LogP contribution is -2.13. The molecule has 0 saturated heterocycles. The van der Waals surface area contributed by atoms with Gasteiger partial charge in [0.2, 0.25) is 11.8 Å². The van der Waals surface area contributed by atoms with Gasteiger partial charge in [-0.15, -0.1) is 10.2 Å². The van der Waals surface area contributed by atoms with Crippen molar-refractivity contribution < 1.29 is 9.21 Å². The second-order valence-electron chi connectivity index (χ2n) is 6.37. The van der Waals surface area contributed by atoms with Crippen molar-refractivity contribution in [1.82, 2.24) is 15.2 Å². The number of thioether (sulfide) groups is 1. The first-order valence-electron chi connectivity index (χ1n) is 8.96. The maximum atomic E-state index is 12.4. The van der Waals surface area contributed by atoms with Crippen LogP contribution in [0.15, 0.2) is 70.3 Å². The number of halogens is 1. The Morgan fingerprint density at radius 3 is 2.77 bits per heavy atom. The summed E-state index contributed by atoms with van der Waals surface area (Å²) in [5.74, 6) is 0.334. The van der Waals surface area contributed by atoms with Gasteiger partial charge in [0.25, 0.3) is 5.22 Å². The molecule has 2 aromatic heterocycles. The largest absolute Gasteiger partial charge is 0.411 e. The minimum absolute atomic E-state index is 0.138. The zero-order chi connectivity index (χ0) is 20.5. The number of aromatic nitrogens is 3. The fraction of sp³-hybridized carbons (Fsp3) is 0.0476. The van der Waals surface area contributed by atoms with Gasteiger partial charge in [0, 0.05) is 16.0 Å². The van der Waals surface area contributed by atoms with E-state index in [4.69, 9.17) is 16.0 Å². The van der Waals surface area contributed by atoms with Crippen LogP contribution in [-0.4, -0.2) is 26.8 Å². The lowest BCUT2D eigenvalue weighted by Gasteiger charge is -1.99. The van der Waals surface area contributed by atoms with E-state index < -0.39 is 0 Å². The topological polar surface area (TPSA) is 80.9 Å². The molecule has 1 amide bonds. The maximum Gasteiger partial charge on any atom is 0.277 e. The number of benzene rings is 3. The summed E-state index contributed by atoms with van der Waals surface area (Å²) in [4.78, 5) is 17.0. The highest BCUT2D eigenvalue weighted by atomic mass is 35.5. The van der Waals surface area contributed by atoms with Crippen molar-refractivity contribution >= 4 is 66.7 Å². The molecule has 1 N–H and O–H groups in total. The highest BCUT2D eigenvalue weighted by Gasteiger charge is 2.13. The SMILES string of the molecule is O=C(CSc1nnc(-c2ccc(Cl)cc2)o1)Nc1nc2c(ccc3ccccc32)s1. The molecule has 148 valence electrons. The number of carbonyl (C=O) groups is 1. The van der Waals surface area contributed by atoms with Gasteiger partial charge in [-0.1, -0.05) is 65.0 Å². The number of anilines is 1. The van der Waals surface area contributed by atoms with E-state index in [0.29, 0.717) is 21.3 Å². The normalized spacial score (nSPS) is 11.2. The Kier molecular flexibility index (Phi) is 5.12. The molecule has 2 heterocycles. The Morgan fingerprint density at radius 2 is 1.90 bits per heavy atom. The number of rotatable bonds is 5. The Hall–Kier alpha value is -2.94. The van der Waals surface area contributed by atoms with Crippen molar-refractivity contribution in [3.05, 3.63) is 65.7 Å². The van der Waals surface area contributed by atoms with E-state index in [1.54, 1.807) is 24.3 Å². The second-order valence-corrected chi connectivity index (χ2v) is 8.76. The highest BCUT2D eigenvalue weighted by molar-refractivity contribution is 7.99. The van der Waals surface area contributed by atoms with Crippen LogP contribution in [0.3, 0.4) is 0 Å². The van der Waals surface area contributed by atoms with Crippen LogP contribution >= 0.6 is 34.7 Å². The van der Waals surface area contributed by atoms with Crippen LogP contribution in [0, 0.1) is 0 Å². The molecule has 0 fully saturated rings. The fourth-order valence-electron chi connectivity index (χ4n) is 2.97. The van der Waals surface area contributed by atoms with E-state index in [2.05, 4.69) is 26.6 Å². The predicted octanol–water partition coefficient (Wildman–Crippen LogP) is 5.88. The Bertz CT molecular complexity index is 1360. The van der Waals surface area contributed by atoms with E-state index in [0.717, 1.165) is 26.6 Å². The van der Waals surface area contributed by atoms with Gasteiger partial charge in [-0.05, 0) is 35.7 Å². The number of fused-ring (bicyclic) bond motifs is 3. The monoisotopic (exact) mass is 452 g/mol. The van der Waals surface area contributed by atoms with Gasteiger partial charge in [-0.3, -0.25) is 4.79 Å². The first kappa shape index (κ1) is 19.0. The molecule has 3 aromatic carbocycles. The molecule has 9 heteroatoms. The average molecular weight is 453 g/mol. The van der Waals surface area contributed by atoms with E-state index in [-0.39, 0.29) is 11.7 Å². The Balaban J connectivity index is 1.25. The summed E-state index contributed by atoms with van der Waals surface area (Å²) >= 11 is 8.51. The summed E-state index contributed by atoms with van der Waals surface area (Å²) in [6.45, 7) is 0. The molecule has 0 unspecified atom stereocenters. The van der Waals surface area contributed by atoms with Crippen molar-refractivity contribution in [2.45, 2.75) is 5.22 Å². The van der Waals surface area contributed by atoms with Crippen molar-refractivity contribution in [3.8, 4) is 11.5 Å². The lowest BCUT2D eigenvalue weighted by molar-refractivity contribution is -0.113. The zero-order valence-corrected chi connectivity index (χ0v) is 17.7. The first-order valence-corrected chi connectivity index (χ1v) is 11.1. The quantitative estimate of drug-likeness (QED) is 0.335. The number of carbonyl (C=O) groups excluding carboxylic acids is 1. The van der Waals surface area contributed by atoms with Crippen LogP contribution in [-0.2, 0) is 4.79 Å². The molecule has 5 aromatic rings. The van der Waals surface area contributed by atoms with Gasteiger partial charge < -0.3 is 9.73 Å². The number of nitrogens with one attached hydrogen (secondary N) is 1. The molecular weight excluding hydrogens is 440 g/mol. The smallest absolute Gasteiger partial charge is 0.277 e. The van der Waals surface area contributed by atoms with Crippen LogP contribution < -0.4 is 5.32 Å². The number of nitrogens with zero attached hydrogens (tertiary/aromatic N) is 3. The number of thiazole rings is 1. The third-order valence-electron chi connectivity index (χ3n) is 4.35. The van der Waals surface area contributed by atoms with Crippen LogP contribution in [0.25, 0.3) is 32.4 Å². The molecule has 0 bridgehead atoms. The minimum atomic E-state index is -0.186. The van der Waals surface area contributed by atoms with Gasteiger partial charge in [0.1, 0.15) is 0 Å². The van der Waals surface area contributed by atoms with E-state index in [1.807, 2.05) is 30.3 Å². The van der Waals surface area contributed by atoms with Crippen molar-refractivity contribution in [3.63, 3.8) is 0 Å². The molecule has 0 aliphatic heterocycles. The van der Waals surface area contributed by atoms with Crippen molar-refractivity contribution in [2.24, 2.45) is 0 Å². The third-order valence-corrected chi connectivity index (χ3v) is 6.36. The Labute approximate surface area is 184 Å². The molecule has 30 heavy (non-hydrogen) atoms. The number of hydrogen-bond donors (Lipinski definition) is 1. The molecule has 0 atom stereocenters. The fourth-order valence-corrected chi connectivity index (χ4v) is 4.56. The highest BCUT2D eigenvalue weighted by Crippen LogP contribution is 2.32. The van der Waals surface area contributed by atoms with Gasteiger partial charge in [-0.2, -0.15) is 0 Å². The van der Waals surface area contributed by atoms with Crippen molar-refractivity contribution in [2.75, 3.05) is 11.1 Å². The van der Waals surface area contributed by atoms with Crippen LogP contribution in [0.1, 0.15) is 0 Å². The standard InChI is InChI=1S/C21H13ClN4O2S2/c22-14-8-5-13(6-9-14)19-25-26-21(28-19)29-11-17(27)23-20-24-18-15-4-2-1-3-12(15)7-10-16(18)30-20/h1-10H,11H2,(H,23,24,27). The van der Waals surface area contributed by atoms with Gasteiger partial charge in [0.15, 0.2) is 5.13 Å². The molecule has 0 radical (unpaired) electrons. The molecule has 5 rings (SSSR count). The maximum absolute atomic E-state index is 12.4. The summed E-state index contributed by atoms with van der Waals surface area (Å²) in [5.41, 5.74) is 1.66. The van der Waals surface area contributed by atoms with Crippen LogP contribution in [0.4, 0.5) is 5.13 Å². The van der Waals surface area contributed by atoms with E-state index in [9.17, 15) is 4.79 Å². The van der Waals surface area contributed by atoms with E-state index >= 15 is 0 Å². The molecular formula is C21H13ClN4O2S2. The summed E-state index contributed by atoms with van der Waals surface area (Å²) < 4.78 is 6.64. The summed E-state index contributed by atoms with van der Waals surface area (Å²) in [6.07, 6.45) is 0. The molecule has 0 spiro atoms. The predicted molar refractivity (Wildman–Crippen MR) is 121 cm³/mol. The average Bonchev–Trinajstić information content (AvgIpc) is 3.39. The number of hydrogen-bond acceptors (Lipinski definition) is 7. The summed E-state index contributed by atoms with van der Waals surface area (Å²) in [6, 6.07) is 19.3. The van der Waals surface area contributed by atoms with Crippen molar-refractivity contribution in [1.29, 1.82) is 0 Å². The van der Waals surface area contributed by atoms with Crippen LogP contribution in [0.2, 0.25) is 5.02 Å². The molecule has 0 saturated carbocycles. The minimum Gasteiger partial charge on any atom is -0.411 e. The molecule has 0 aliphatic carbocycles. The summed E-state index contributed by atoms with van der Waals surface area (Å²) in [7, 11) is 0. The first-order chi connectivity index (χ1) is 14.7. The molecule has 0 aliphatic rings. The van der Waals surface area contributed by atoms with Gasteiger partial charge in [0.05, 0.1) is 16.0 Å². The van der Waals surface area contributed by atoms with Crippen LogP contribution in [0.5, 0.6) is 0 Å². The van der Waals surface area contributed by atoms with Gasteiger partial charge >= 0.3 is 0 Å². The zero-order valence-electron chi connectivity index (χ0n) is 15.3. The molecule has 6 nitrogen and oxygen atoms in total. The van der Waals surface area contributed by atoms with Gasteiger partial charge in [-0.25, -0.2) is 4.98 Å². The number of amides is 1. The second kappa shape index (κ2) is 8.06. The Morgan fingerprint density at radius 1 is 1.07 bits per heavy atom. The summed E-state index contributed by atoms with van der Waals surface area (Å²) in [5, 5.41) is 14.6. The third kappa shape index (κ3) is 3.89.